The maximum Gasteiger partial charge on any atom is 0.287 e. The van der Waals surface area contributed by atoms with Gasteiger partial charge in [0.05, 0.1) is 17.3 Å². The van der Waals surface area contributed by atoms with Gasteiger partial charge in [-0.15, -0.1) is 5.12 Å². The molecule has 3 nitrogen and oxygen atoms in total. The first-order valence-electron chi connectivity index (χ1n) is 9.61. The van der Waals surface area contributed by atoms with Crippen LogP contribution in [0.2, 0.25) is 0 Å². The van der Waals surface area contributed by atoms with E-state index < -0.39 is 5.91 Å². The molecule has 1 amide bonds. The van der Waals surface area contributed by atoms with Crippen molar-refractivity contribution >= 4 is 17.8 Å². The quantitative estimate of drug-likeness (QED) is 0.423. The van der Waals surface area contributed by atoms with Gasteiger partial charge in [-0.05, 0) is 55.4 Å². The third kappa shape index (κ3) is 5.49. The number of nitrogens with zero attached hydrogens (tertiary/aromatic N) is 2. The highest BCUT2D eigenvalue weighted by Gasteiger charge is 2.22. The fraction of sp³-hybridized carbons (Fsp3) is 0.391. The van der Waals surface area contributed by atoms with Gasteiger partial charge in [-0.2, -0.15) is 0 Å². The van der Waals surface area contributed by atoms with E-state index in [9.17, 15) is 9.28 Å². The third-order valence-electron chi connectivity index (χ3n) is 4.65. The minimum atomic E-state index is -0.677. The minimum Gasteiger partial charge on any atom is -0.284 e. The Hall–Kier alpha value is -2.49. The van der Waals surface area contributed by atoms with Gasteiger partial charge in [0.2, 0.25) is 0 Å². The van der Waals surface area contributed by atoms with Gasteiger partial charge in [0.15, 0.2) is 0 Å². The summed E-state index contributed by atoms with van der Waals surface area (Å²) in [5, 5.41) is 0.199. The predicted molar refractivity (Wildman–Crippen MR) is 112 cm³/mol. The molecule has 1 atom stereocenters. The van der Waals surface area contributed by atoms with Crippen molar-refractivity contribution in [2.75, 3.05) is 5.12 Å². The summed E-state index contributed by atoms with van der Waals surface area (Å²) >= 11 is 0. The van der Waals surface area contributed by atoms with Crippen molar-refractivity contribution in [1.82, 2.24) is 0 Å². The third-order valence-corrected chi connectivity index (χ3v) is 4.65. The van der Waals surface area contributed by atoms with Crippen LogP contribution in [0.3, 0.4) is 0 Å². The molecule has 1 aromatic rings. The van der Waals surface area contributed by atoms with E-state index in [0.29, 0.717) is 17.9 Å². The van der Waals surface area contributed by atoms with Gasteiger partial charge in [0.1, 0.15) is 0 Å². The van der Waals surface area contributed by atoms with Crippen molar-refractivity contribution in [3.8, 4) is 0 Å². The summed E-state index contributed by atoms with van der Waals surface area (Å²) in [6, 6.07) is 6.99. The van der Waals surface area contributed by atoms with Crippen molar-refractivity contribution in [2.24, 2.45) is 4.99 Å². The number of aliphatic imine (C=N–C) groups is 1. The first-order valence-corrected chi connectivity index (χ1v) is 9.61. The number of dihydropyridines is 1. The van der Waals surface area contributed by atoms with Crippen molar-refractivity contribution in [2.45, 2.75) is 58.9 Å². The van der Waals surface area contributed by atoms with Crippen LogP contribution >= 0.6 is 0 Å². The molecule has 0 saturated heterocycles. The van der Waals surface area contributed by atoms with E-state index in [1.807, 2.05) is 25.1 Å². The van der Waals surface area contributed by atoms with Crippen LogP contribution in [-0.4, -0.2) is 18.2 Å². The maximum atomic E-state index is 14.5. The van der Waals surface area contributed by atoms with Gasteiger partial charge in [0.25, 0.3) is 5.91 Å². The molecule has 0 fully saturated rings. The van der Waals surface area contributed by atoms with Crippen molar-refractivity contribution < 1.29 is 9.28 Å². The zero-order valence-corrected chi connectivity index (χ0v) is 16.7. The van der Waals surface area contributed by atoms with Gasteiger partial charge in [-0.1, -0.05) is 61.7 Å². The molecule has 0 saturated carbocycles. The molecule has 2 rings (SSSR count). The molecular formula is C23H29FN2O. The summed E-state index contributed by atoms with van der Waals surface area (Å²) in [7, 11) is 0. The number of hydrogen-bond donors (Lipinski definition) is 0. The average molecular weight is 368 g/mol. The highest BCUT2D eigenvalue weighted by atomic mass is 19.2. The molecule has 144 valence electrons. The summed E-state index contributed by atoms with van der Waals surface area (Å²) in [6.07, 6.45) is 12.0. The molecule has 1 aliphatic rings. The number of allylic oxidation sites excluding steroid dienone is 3. The van der Waals surface area contributed by atoms with Crippen molar-refractivity contribution in [3.05, 3.63) is 65.3 Å². The Kier molecular flexibility index (Phi) is 7.71. The van der Waals surface area contributed by atoms with E-state index in [-0.39, 0.29) is 16.9 Å². The smallest absolute Gasteiger partial charge is 0.284 e. The first-order chi connectivity index (χ1) is 13.0. The molecule has 27 heavy (non-hydrogen) atoms. The van der Waals surface area contributed by atoms with E-state index in [2.05, 4.69) is 37.9 Å². The molecule has 0 bridgehead atoms. The second kappa shape index (κ2) is 10.0. The van der Waals surface area contributed by atoms with Crippen LogP contribution in [0.1, 0.15) is 58.4 Å². The predicted octanol–water partition coefficient (Wildman–Crippen LogP) is 6.10. The standard InChI is InChI=1S/C23H29FN2O/c1-5-7-9-19(8-6-2)22-15-12-20(16-25-22)23(27)26(24)21-13-10-18(11-14-21)17(3)4/h5,7-8,10-14,16-17,22H,6,9,15H2,1-4H3/b7-5-,19-8+. The highest BCUT2D eigenvalue weighted by molar-refractivity contribution is 6.18. The zero-order valence-electron chi connectivity index (χ0n) is 16.7. The SMILES string of the molecule is C/C=C\C/C(=C\CC)C1CC=C(C(=O)N(F)c2ccc(C(C)C)cc2)C=N1. The Labute approximate surface area is 161 Å². The fourth-order valence-electron chi connectivity index (χ4n) is 3.00. The van der Waals surface area contributed by atoms with Crippen LogP contribution in [0.5, 0.6) is 0 Å². The number of carbonyl (C=O) groups is 1. The van der Waals surface area contributed by atoms with Gasteiger partial charge < -0.3 is 0 Å². The van der Waals surface area contributed by atoms with Crippen LogP contribution in [0.25, 0.3) is 0 Å². The van der Waals surface area contributed by atoms with E-state index in [0.717, 1.165) is 18.4 Å². The van der Waals surface area contributed by atoms with Gasteiger partial charge in [-0.25, -0.2) is 0 Å². The second-order valence-corrected chi connectivity index (χ2v) is 6.98. The molecule has 1 heterocycles. The van der Waals surface area contributed by atoms with Crippen LogP contribution < -0.4 is 5.12 Å². The van der Waals surface area contributed by atoms with E-state index in [1.54, 1.807) is 18.2 Å². The summed E-state index contributed by atoms with van der Waals surface area (Å²) in [5.41, 5.74) is 2.87. The molecule has 1 aliphatic heterocycles. The van der Waals surface area contributed by atoms with E-state index in [4.69, 9.17) is 0 Å². The van der Waals surface area contributed by atoms with Gasteiger partial charge in [0, 0.05) is 6.21 Å². The average Bonchev–Trinajstić information content (AvgIpc) is 2.70. The number of amides is 1. The molecule has 1 unspecified atom stereocenters. The van der Waals surface area contributed by atoms with Crippen LogP contribution in [-0.2, 0) is 4.79 Å². The largest absolute Gasteiger partial charge is 0.287 e. The Bertz CT molecular complexity index is 757. The molecule has 1 aromatic carbocycles. The Balaban J connectivity index is 2.06. The molecule has 4 heteroatoms. The lowest BCUT2D eigenvalue weighted by atomic mass is 9.96. The second-order valence-electron chi connectivity index (χ2n) is 6.98. The van der Waals surface area contributed by atoms with Gasteiger partial charge in [-0.3, -0.25) is 9.79 Å². The molecule has 0 N–H and O–H groups in total. The summed E-state index contributed by atoms with van der Waals surface area (Å²) < 4.78 is 14.5. The molecule has 0 aromatic heterocycles. The highest BCUT2D eigenvalue weighted by Crippen LogP contribution is 2.24. The van der Waals surface area contributed by atoms with Crippen LogP contribution in [0.4, 0.5) is 10.2 Å². The molecule has 0 spiro atoms. The number of halogens is 1. The first kappa shape index (κ1) is 20.8. The lowest BCUT2D eigenvalue weighted by Crippen LogP contribution is -2.26. The maximum absolute atomic E-state index is 14.5. The van der Waals surface area contributed by atoms with E-state index in [1.165, 1.54) is 11.8 Å². The molecule has 0 radical (unpaired) electrons. The lowest BCUT2D eigenvalue weighted by Gasteiger charge is -2.20. The normalized spacial score (nSPS) is 17.5. The molecular weight excluding hydrogens is 339 g/mol. The van der Waals surface area contributed by atoms with Gasteiger partial charge >= 0.3 is 0 Å². The number of rotatable bonds is 7. The Morgan fingerprint density at radius 1 is 1.33 bits per heavy atom. The minimum absolute atomic E-state index is 0.0242. The number of anilines is 1. The summed E-state index contributed by atoms with van der Waals surface area (Å²) in [4.78, 5) is 17.0. The topological polar surface area (TPSA) is 32.7 Å². The lowest BCUT2D eigenvalue weighted by molar-refractivity contribution is -0.117. The summed E-state index contributed by atoms with van der Waals surface area (Å²) in [5.74, 6) is -0.315. The van der Waals surface area contributed by atoms with Crippen LogP contribution in [0, 0.1) is 0 Å². The van der Waals surface area contributed by atoms with Crippen molar-refractivity contribution in [1.29, 1.82) is 0 Å². The number of carbonyl (C=O) groups excluding carboxylic acids is 1. The number of benzene rings is 1. The Morgan fingerprint density at radius 2 is 2.04 bits per heavy atom. The monoisotopic (exact) mass is 368 g/mol. The Morgan fingerprint density at radius 3 is 2.56 bits per heavy atom. The summed E-state index contributed by atoms with van der Waals surface area (Å²) in [6.45, 7) is 8.24. The number of hydrogen-bond acceptors (Lipinski definition) is 2. The fourth-order valence-corrected chi connectivity index (χ4v) is 3.00. The van der Waals surface area contributed by atoms with Crippen LogP contribution in [0.15, 0.2) is 64.7 Å². The van der Waals surface area contributed by atoms with Crippen molar-refractivity contribution in [3.63, 3.8) is 0 Å². The molecule has 0 aliphatic carbocycles. The van der Waals surface area contributed by atoms with E-state index >= 15 is 0 Å². The zero-order chi connectivity index (χ0) is 19.8.